The lowest BCUT2D eigenvalue weighted by Gasteiger charge is -2.24. The van der Waals surface area contributed by atoms with E-state index in [0.29, 0.717) is 0 Å². The molecule has 0 saturated carbocycles. The summed E-state index contributed by atoms with van der Waals surface area (Å²) in [5.41, 5.74) is -7.14. The molecular formula is C27H26O18. The highest BCUT2D eigenvalue weighted by atomic mass is 16.7. The SMILES string of the molecule is CC(CC(=O)O)C(CO)C(=O)Cc1c(CCC(=O)COC(=O)O)c(O)c2c(C(=O)O)c(C(=O)O)c(C(=O)O)c(O)c2c1C(=O)O. The third-order valence-corrected chi connectivity index (χ3v) is 6.92. The predicted molar refractivity (Wildman–Crippen MR) is 143 cm³/mol. The van der Waals surface area contributed by atoms with Crippen LogP contribution in [-0.2, 0) is 32.0 Å². The Morgan fingerprint density at radius 3 is 1.64 bits per heavy atom. The molecule has 0 aliphatic rings. The standard InChI is InChI=1S/C27H26O18/c1-8(4-14(31)32)12(6-28)13(30)5-11-10(3-2-9(29)7-45-27(43)44)21(33)17-16(15(11)23(35)36)22(34)20(26(41)42)19(25(39)40)18(17)24(37)38/h8,12,28,33-34H,2-7H2,1H3,(H,31,32)(H,35,36)(H,37,38)(H,39,40)(H,41,42)(H,43,44). The van der Waals surface area contributed by atoms with Gasteiger partial charge in [0.1, 0.15) is 22.8 Å². The molecule has 0 heterocycles. The number of ether oxygens (including phenoxy) is 1. The van der Waals surface area contributed by atoms with Crippen LogP contribution in [0.4, 0.5) is 4.79 Å². The highest BCUT2D eigenvalue weighted by molar-refractivity contribution is 6.24. The van der Waals surface area contributed by atoms with E-state index in [0.717, 1.165) is 0 Å². The molecule has 0 spiro atoms. The molecule has 2 aromatic carbocycles. The number of aromatic carboxylic acids is 4. The third-order valence-electron chi connectivity index (χ3n) is 6.92. The van der Waals surface area contributed by atoms with E-state index in [2.05, 4.69) is 4.74 Å². The number of phenolic OH excluding ortho intramolecular Hbond substituents is 1. The van der Waals surface area contributed by atoms with E-state index in [1.807, 2.05) is 0 Å². The number of phenols is 2. The first-order valence-corrected chi connectivity index (χ1v) is 12.6. The average Bonchev–Trinajstić information content (AvgIpc) is 2.90. The second-order valence-corrected chi connectivity index (χ2v) is 9.73. The first-order chi connectivity index (χ1) is 20.9. The van der Waals surface area contributed by atoms with E-state index in [4.69, 9.17) is 10.2 Å². The maximum atomic E-state index is 13.3. The zero-order valence-corrected chi connectivity index (χ0v) is 23.1. The number of hydrogen-bond acceptors (Lipinski definition) is 12. The lowest BCUT2D eigenvalue weighted by atomic mass is 9.80. The summed E-state index contributed by atoms with van der Waals surface area (Å²) in [6, 6.07) is 0. The van der Waals surface area contributed by atoms with E-state index in [-0.39, 0.29) is 0 Å². The quantitative estimate of drug-likeness (QED) is 0.116. The van der Waals surface area contributed by atoms with Crippen molar-refractivity contribution in [3.05, 3.63) is 33.4 Å². The molecule has 18 nitrogen and oxygen atoms in total. The molecule has 242 valence electrons. The van der Waals surface area contributed by atoms with Crippen LogP contribution < -0.4 is 0 Å². The topological polar surface area (TPSA) is 328 Å². The van der Waals surface area contributed by atoms with Crippen molar-refractivity contribution in [2.24, 2.45) is 11.8 Å². The minimum Gasteiger partial charge on any atom is -0.507 e. The first kappa shape index (κ1) is 35.4. The summed E-state index contributed by atoms with van der Waals surface area (Å²) in [7, 11) is 0. The second-order valence-electron chi connectivity index (χ2n) is 9.73. The Balaban J connectivity index is 3.14. The number of carbonyl (C=O) groups excluding carboxylic acids is 2. The Morgan fingerprint density at radius 2 is 1.20 bits per heavy atom. The maximum Gasteiger partial charge on any atom is 0.506 e. The lowest BCUT2D eigenvalue weighted by molar-refractivity contribution is -0.139. The Kier molecular flexibility index (Phi) is 11.1. The number of rotatable bonds is 16. The monoisotopic (exact) mass is 638 g/mol. The average molecular weight is 638 g/mol. The number of aliphatic carboxylic acids is 1. The molecule has 0 radical (unpaired) electrons. The summed E-state index contributed by atoms with van der Waals surface area (Å²) in [6.07, 6.45) is -5.03. The van der Waals surface area contributed by atoms with Gasteiger partial charge in [0.15, 0.2) is 12.4 Å². The van der Waals surface area contributed by atoms with Crippen LogP contribution in [0.1, 0.15) is 72.3 Å². The fourth-order valence-electron chi connectivity index (χ4n) is 4.95. The Hall–Kier alpha value is -5.78. The summed E-state index contributed by atoms with van der Waals surface area (Å²) in [5.74, 6) is -17.3. The number of Topliss-reactive ketones (excluding diaryl/α,β-unsaturated/α-hetero) is 2. The number of ketones is 2. The normalized spacial score (nSPS) is 12.2. The highest BCUT2D eigenvalue weighted by Gasteiger charge is 2.38. The Morgan fingerprint density at radius 1 is 0.689 bits per heavy atom. The van der Waals surface area contributed by atoms with E-state index in [9.17, 15) is 74.1 Å². The molecule has 0 fully saturated rings. The van der Waals surface area contributed by atoms with E-state index in [1.165, 1.54) is 6.92 Å². The van der Waals surface area contributed by atoms with Gasteiger partial charge in [0.2, 0.25) is 0 Å². The number of carboxylic acid groups (broad SMARTS) is 6. The fourth-order valence-corrected chi connectivity index (χ4v) is 4.95. The van der Waals surface area contributed by atoms with Crippen molar-refractivity contribution in [1.82, 2.24) is 0 Å². The molecule has 2 atom stereocenters. The molecule has 0 amide bonds. The largest absolute Gasteiger partial charge is 0.507 e. The summed E-state index contributed by atoms with van der Waals surface area (Å²) >= 11 is 0. The van der Waals surface area contributed by atoms with Crippen molar-refractivity contribution in [3.63, 3.8) is 0 Å². The number of aliphatic hydroxyl groups excluding tert-OH is 1. The van der Waals surface area contributed by atoms with Crippen LogP contribution in [0.15, 0.2) is 0 Å². The van der Waals surface area contributed by atoms with Gasteiger partial charge in [0.25, 0.3) is 0 Å². The van der Waals surface area contributed by atoms with Crippen molar-refractivity contribution in [1.29, 1.82) is 0 Å². The smallest absolute Gasteiger partial charge is 0.506 e. The summed E-state index contributed by atoms with van der Waals surface area (Å²) in [4.78, 5) is 96.4. The zero-order chi connectivity index (χ0) is 34.5. The molecule has 0 aliphatic heterocycles. The lowest BCUT2D eigenvalue weighted by Crippen LogP contribution is -2.29. The number of aromatic hydroxyl groups is 2. The minimum atomic E-state index is -2.21. The van der Waals surface area contributed by atoms with Gasteiger partial charge in [0.05, 0.1) is 23.3 Å². The van der Waals surface area contributed by atoms with Crippen molar-refractivity contribution >= 4 is 58.3 Å². The number of carboxylic acids is 5. The molecule has 18 heteroatoms. The summed E-state index contributed by atoms with van der Waals surface area (Å²) in [6.45, 7) is -0.674. The number of hydrogen-bond donors (Lipinski definition) is 9. The molecule has 2 rings (SSSR count). The van der Waals surface area contributed by atoms with Gasteiger partial charge >= 0.3 is 36.0 Å². The van der Waals surface area contributed by atoms with Gasteiger partial charge in [-0.15, -0.1) is 0 Å². The van der Waals surface area contributed by atoms with Crippen LogP contribution in [-0.4, -0.2) is 107 Å². The predicted octanol–water partition coefficient (Wildman–Crippen LogP) is 1.07. The van der Waals surface area contributed by atoms with Gasteiger partial charge in [-0.2, -0.15) is 0 Å². The van der Waals surface area contributed by atoms with Gasteiger partial charge in [-0.1, -0.05) is 6.92 Å². The molecule has 2 aromatic rings. The highest BCUT2D eigenvalue weighted by Crippen LogP contribution is 2.46. The zero-order valence-electron chi connectivity index (χ0n) is 23.1. The van der Waals surface area contributed by atoms with Crippen LogP contribution in [0.5, 0.6) is 11.5 Å². The molecule has 45 heavy (non-hydrogen) atoms. The van der Waals surface area contributed by atoms with Crippen molar-refractivity contribution < 1.29 is 89.1 Å². The summed E-state index contributed by atoms with van der Waals surface area (Å²) in [5, 5.41) is 86.8. The molecule has 0 bridgehead atoms. The van der Waals surface area contributed by atoms with E-state index in [1.54, 1.807) is 0 Å². The Labute approximate surface area is 250 Å². The molecular weight excluding hydrogens is 612 g/mol. The van der Waals surface area contributed by atoms with Crippen LogP contribution in [0.2, 0.25) is 0 Å². The number of fused-ring (bicyclic) bond motifs is 1. The van der Waals surface area contributed by atoms with Crippen LogP contribution >= 0.6 is 0 Å². The summed E-state index contributed by atoms with van der Waals surface area (Å²) < 4.78 is 4.15. The molecule has 0 aliphatic carbocycles. The Bertz CT molecular complexity index is 1630. The molecule has 0 aromatic heterocycles. The third kappa shape index (κ3) is 7.42. The number of aliphatic hydroxyl groups is 1. The van der Waals surface area contributed by atoms with Crippen molar-refractivity contribution in [2.45, 2.75) is 32.6 Å². The van der Waals surface area contributed by atoms with E-state index >= 15 is 0 Å². The van der Waals surface area contributed by atoms with Crippen LogP contribution in [0, 0.1) is 11.8 Å². The van der Waals surface area contributed by atoms with Gasteiger partial charge in [-0.05, 0) is 23.5 Å². The molecule has 0 saturated heterocycles. The van der Waals surface area contributed by atoms with Gasteiger partial charge in [-0.25, -0.2) is 24.0 Å². The minimum absolute atomic E-state index is 0.626. The maximum absolute atomic E-state index is 13.3. The van der Waals surface area contributed by atoms with Crippen molar-refractivity contribution in [2.75, 3.05) is 13.2 Å². The van der Waals surface area contributed by atoms with Gasteiger partial charge in [-0.3, -0.25) is 14.4 Å². The van der Waals surface area contributed by atoms with Crippen LogP contribution in [0.3, 0.4) is 0 Å². The second kappa shape index (κ2) is 14.1. The van der Waals surface area contributed by atoms with E-state index < -0.39 is 154 Å². The van der Waals surface area contributed by atoms with Gasteiger partial charge < -0.3 is 50.7 Å². The number of carbonyl (C=O) groups is 8. The molecule has 9 N–H and O–H groups in total. The first-order valence-electron chi connectivity index (χ1n) is 12.6. The fraction of sp³-hybridized carbons (Fsp3) is 0.333. The molecule has 2 unspecified atom stereocenters. The number of benzene rings is 2. The van der Waals surface area contributed by atoms with Crippen molar-refractivity contribution in [3.8, 4) is 11.5 Å². The van der Waals surface area contributed by atoms with Gasteiger partial charge in [0, 0.05) is 36.0 Å². The van der Waals surface area contributed by atoms with Crippen LogP contribution in [0.25, 0.3) is 10.8 Å².